The molecule has 0 bridgehead atoms. The number of carbonyl (C=O) groups is 1. The van der Waals surface area contributed by atoms with Crippen LogP contribution >= 0.6 is 0 Å². The lowest BCUT2D eigenvalue weighted by Gasteiger charge is -2.11. The first-order chi connectivity index (χ1) is 8.00. The Bertz CT molecular complexity index is 389. The van der Waals surface area contributed by atoms with E-state index in [2.05, 4.69) is 10.2 Å². The van der Waals surface area contributed by atoms with Crippen molar-refractivity contribution in [2.75, 3.05) is 32.5 Å². The van der Waals surface area contributed by atoms with Crippen molar-refractivity contribution >= 4 is 11.7 Å². The number of nitrogens with zero attached hydrogens (tertiary/aromatic N) is 1. The maximum Gasteiger partial charge on any atom is 0.335 e. The maximum absolute atomic E-state index is 10.8. The van der Waals surface area contributed by atoms with Crippen molar-refractivity contribution in [3.63, 3.8) is 0 Å². The largest absolute Gasteiger partial charge is 0.478 e. The smallest absolute Gasteiger partial charge is 0.335 e. The van der Waals surface area contributed by atoms with Crippen LogP contribution in [0.4, 0.5) is 5.69 Å². The Kier molecular flexibility index (Phi) is 4.97. The summed E-state index contributed by atoms with van der Waals surface area (Å²) in [6.45, 7) is 3.75. The number of carboxylic acid groups (broad SMARTS) is 1. The van der Waals surface area contributed by atoms with Crippen LogP contribution in [-0.4, -0.2) is 43.2 Å². The summed E-state index contributed by atoms with van der Waals surface area (Å²) in [6.07, 6.45) is 1.06. The molecule has 0 spiro atoms. The van der Waals surface area contributed by atoms with Crippen LogP contribution in [0.5, 0.6) is 0 Å². The van der Waals surface area contributed by atoms with Crippen LogP contribution in [0.15, 0.2) is 18.2 Å². The molecule has 0 heterocycles. The monoisotopic (exact) mass is 236 g/mol. The highest BCUT2D eigenvalue weighted by atomic mass is 16.4. The van der Waals surface area contributed by atoms with Gasteiger partial charge in [0.2, 0.25) is 0 Å². The summed E-state index contributed by atoms with van der Waals surface area (Å²) in [7, 11) is 4.09. The molecule has 0 atom stereocenters. The van der Waals surface area contributed by atoms with Gasteiger partial charge in [0.15, 0.2) is 0 Å². The lowest BCUT2D eigenvalue weighted by molar-refractivity contribution is 0.0696. The Morgan fingerprint density at radius 3 is 2.65 bits per heavy atom. The molecule has 0 saturated heterocycles. The van der Waals surface area contributed by atoms with Crippen LogP contribution in [0.1, 0.15) is 22.3 Å². The summed E-state index contributed by atoms with van der Waals surface area (Å²) in [4.78, 5) is 13.0. The van der Waals surface area contributed by atoms with E-state index in [-0.39, 0.29) is 0 Å². The highest BCUT2D eigenvalue weighted by molar-refractivity contribution is 5.89. The van der Waals surface area contributed by atoms with E-state index in [1.54, 1.807) is 6.07 Å². The molecular weight excluding hydrogens is 216 g/mol. The minimum absolute atomic E-state index is 0.365. The first-order valence-corrected chi connectivity index (χ1v) is 5.73. The summed E-state index contributed by atoms with van der Waals surface area (Å²) < 4.78 is 0. The van der Waals surface area contributed by atoms with Crippen LogP contribution in [0.2, 0.25) is 0 Å². The van der Waals surface area contributed by atoms with E-state index in [1.807, 2.05) is 33.2 Å². The number of carboxylic acids is 1. The number of anilines is 1. The van der Waals surface area contributed by atoms with E-state index in [0.29, 0.717) is 5.56 Å². The Hall–Kier alpha value is -1.55. The third-order valence-corrected chi connectivity index (χ3v) is 2.57. The van der Waals surface area contributed by atoms with Gasteiger partial charge in [0.05, 0.1) is 5.56 Å². The third-order valence-electron chi connectivity index (χ3n) is 2.57. The van der Waals surface area contributed by atoms with Gasteiger partial charge in [-0.1, -0.05) is 0 Å². The average molecular weight is 236 g/mol. The van der Waals surface area contributed by atoms with E-state index in [9.17, 15) is 4.79 Å². The van der Waals surface area contributed by atoms with Crippen LogP contribution < -0.4 is 5.32 Å². The van der Waals surface area contributed by atoms with Gasteiger partial charge in [-0.25, -0.2) is 4.79 Å². The third kappa shape index (κ3) is 4.44. The molecule has 4 heteroatoms. The van der Waals surface area contributed by atoms with Gasteiger partial charge in [-0.3, -0.25) is 0 Å². The Balaban J connectivity index is 2.50. The Labute approximate surface area is 102 Å². The van der Waals surface area contributed by atoms with Crippen molar-refractivity contribution in [2.45, 2.75) is 13.3 Å². The molecular formula is C13H20N2O2. The highest BCUT2D eigenvalue weighted by Gasteiger charge is 2.06. The predicted molar refractivity (Wildman–Crippen MR) is 69.8 cm³/mol. The molecule has 17 heavy (non-hydrogen) atoms. The first-order valence-electron chi connectivity index (χ1n) is 5.73. The number of aryl methyl sites for hydroxylation is 1. The molecule has 1 rings (SSSR count). The molecule has 0 aromatic heterocycles. The zero-order valence-corrected chi connectivity index (χ0v) is 10.7. The summed E-state index contributed by atoms with van der Waals surface area (Å²) in [5, 5.41) is 12.2. The minimum atomic E-state index is -0.873. The second kappa shape index (κ2) is 6.25. The molecule has 0 amide bonds. The zero-order valence-electron chi connectivity index (χ0n) is 10.7. The number of hydrogen-bond donors (Lipinski definition) is 2. The van der Waals surface area contributed by atoms with Crippen molar-refractivity contribution in [1.29, 1.82) is 0 Å². The van der Waals surface area contributed by atoms with Gasteiger partial charge in [0.1, 0.15) is 0 Å². The first kappa shape index (κ1) is 13.5. The fraction of sp³-hybridized carbons (Fsp3) is 0.462. The Morgan fingerprint density at radius 2 is 2.12 bits per heavy atom. The van der Waals surface area contributed by atoms with Crippen molar-refractivity contribution < 1.29 is 9.90 Å². The van der Waals surface area contributed by atoms with E-state index in [4.69, 9.17) is 5.11 Å². The predicted octanol–water partition coefficient (Wildman–Crippen LogP) is 2.06. The molecule has 94 valence electrons. The summed E-state index contributed by atoms with van der Waals surface area (Å²) in [6, 6.07) is 5.33. The molecule has 1 aromatic rings. The van der Waals surface area contributed by atoms with Crippen LogP contribution in [0.25, 0.3) is 0 Å². The standard InChI is InChI=1S/C13H20N2O2/c1-10-9-11(5-6-12(10)13(16)17)14-7-4-8-15(2)3/h5-6,9,14H,4,7-8H2,1-3H3,(H,16,17). The van der Waals surface area contributed by atoms with Crippen molar-refractivity contribution in [1.82, 2.24) is 4.90 Å². The quantitative estimate of drug-likeness (QED) is 0.742. The molecule has 0 unspecified atom stereocenters. The van der Waals surface area contributed by atoms with Gasteiger partial charge in [0, 0.05) is 12.2 Å². The topological polar surface area (TPSA) is 52.6 Å². The normalized spacial score (nSPS) is 10.6. The van der Waals surface area contributed by atoms with Gasteiger partial charge >= 0.3 is 5.97 Å². The molecule has 1 aromatic carbocycles. The van der Waals surface area contributed by atoms with E-state index >= 15 is 0 Å². The van der Waals surface area contributed by atoms with Gasteiger partial charge in [0.25, 0.3) is 0 Å². The van der Waals surface area contributed by atoms with Crippen molar-refractivity contribution in [2.24, 2.45) is 0 Å². The summed E-state index contributed by atoms with van der Waals surface area (Å²) in [5.74, 6) is -0.873. The fourth-order valence-electron chi connectivity index (χ4n) is 1.64. The van der Waals surface area contributed by atoms with Crippen LogP contribution in [0, 0.1) is 6.92 Å². The second-order valence-electron chi connectivity index (χ2n) is 4.42. The average Bonchev–Trinajstić information content (AvgIpc) is 2.23. The van der Waals surface area contributed by atoms with Gasteiger partial charge in [-0.05, 0) is 57.7 Å². The lowest BCUT2D eigenvalue weighted by Crippen LogP contribution is -2.16. The van der Waals surface area contributed by atoms with Crippen LogP contribution in [0.3, 0.4) is 0 Å². The molecule has 0 aliphatic carbocycles. The van der Waals surface area contributed by atoms with E-state index in [1.165, 1.54) is 0 Å². The Morgan fingerprint density at radius 1 is 1.41 bits per heavy atom. The SMILES string of the molecule is Cc1cc(NCCCN(C)C)ccc1C(=O)O. The fourth-order valence-corrected chi connectivity index (χ4v) is 1.64. The number of benzene rings is 1. The van der Waals surface area contributed by atoms with Gasteiger partial charge < -0.3 is 15.3 Å². The molecule has 4 nitrogen and oxygen atoms in total. The van der Waals surface area contributed by atoms with Crippen LogP contribution in [-0.2, 0) is 0 Å². The number of hydrogen-bond acceptors (Lipinski definition) is 3. The zero-order chi connectivity index (χ0) is 12.8. The highest BCUT2D eigenvalue weighted by Crippen LogP contribution is 2.15. The molecule has 0 saturated carbocycles. The second-order valence-corrected chi connectivity index (χ2v) is 4.42. The summed E-state index contributed by atoms with van der Waals surface area (Å²) >= 11 is 0. The van der Waals surface area contributed by atoms with E-state index in [0.717, 1.165) is 30.8 Å². The molecule has 0 aliphatic heterocycles. The number of rotatable bonds is 6. The van der Waals surface area contributed by atoms with Gasteiger partial charge in [-0.2, -0.15) is 0 Å². The molecule has 0 radical (unpaired) electrons. The lowest BCUT2D eigenvalue weighted by atomic mass is 10.1. The van der Waals surface area contributed by atoms with Crippen molar-refractivity contribution in [3.05, 3.63) is 29.3 Å². The minimum Gasteiger partial charge on any atom is -0.478 e. The molecule has 0 fully saturated rings. The van der Waals surface area contributed by atoms with Gasteiger partial charge in [-0.15, -0.1) is 0 Å². The maximum atomic E-state index is 10.8. The summed E-state index contributed by atoms with van der Waals surface area (Å²) in [5.41, 5.74) is 2.13. The molecule has 0 aliphatic rings. The van der Waals surface area contributed by atoms with E-state index < -0.39 is 5.97 Å². The van der Waals surface area contributed by atoms with Crippen molar-refractivity contribution in [3.8, 4) is 0 Å². The number of aromatic carboxylic acids is 1. The number of nitrogens with one attached hydrogen (secondary N) is 1. The molecule has 2 N–H and O–H groups in total.